The van der Waals surface area contributed by atoms with Crippen LogP contribution in [0, 0.1) is 0 Å². The minimum atomic E-state index is -3.29. The number of hydrogen-bond acceptors (Lipinski definition) is 5. The molecule has 3 N–H and O–H groups in total. The normalized spacial score (nSPS) is 31.5. The van der Waals surface area contributed by atoms with Crippen LogP contribution >= 0.6 is 0 Å². The van der Waals surface area contributed by atoms with Crippen LogP contribution in [-0.4, -0.2) is 68.6 Å². The van der Waals surface area contributed by atoms with E-state index in [1.807, 2.05) is 4.90 Å². The van der Waals surface area contributed by atoms with E-state index >= 15 is 0 Å². The fourth-order valence-corrected chi connectivity index (χ4v) is 4.23. The van der Waals surface area contributed by atoms with Crippen molar-refractivity contribution in [3.8, 4) is 0 Å². The van der Waals surface area contributed by atoms with Gasteiger partial charge in [-0.25, -0.2) is 13.1 Å². The topological polar surface area (TPSA) is 108 Å². The molecule has 2 amide bonds. The number of fused-ring (bicyclic) bond motifs is 1. The van der Waals surface area contributed by atoms with Crippen molar-refractivity contribution in [2.24, 2.45) is 0 Å². The molecule has 23 heavy (non-hydrogen) atoms. The molecule has 8 nitrogen and oxygen atoms in total. The lowest BCUT2D eigenvalue weighted by Crippen LogP contribution is -2.58. The zero-order valence-corrected chi connectivity index (χ0v) is 14.1. The van der Waals surface area contributed by atoms with E-state index in [1.165, 1.54) is 0 Å². The van der Waals surface area contributed by atoms with E-state index in [9.17, 15) is 18.0 Å². The lowest BCUT2D eigenvalue weighted by molar-refractivity contribution is -0.129. The van der Waals surface area contributed by atoms with E-state index in [0.29, 0.717) is 38.4 Å². The smallest absolute Gasteiger partial charge is 0.237 e. The van der Waals surface area contributed by atoms with E-state index in [4.69, 9.17) is 0 Å². The Kier molecular flexibility index (Phi) is 4.61. The maximum absolute atomic E-state index is 12.0. The first-order valence-corrected chi connectivity index (χ1v) is 10.0. The number of nitrogens with one attached hydrogen (secondary N) is 3. The lowest BCUT2D eigenvalue weighted by Gasteiger charge is -2.37. The third kappa shape index (κ3) is 4.42. The second kappa shape index (κ2) is 6.37. The Balaban J connectivity index is 1.56. The molecule has 9 heteroatoms. The summed E-state index contributed by atoms with van der Waals surface area (Å²) in [5.41, 5.74) is 0. The summed E-state index contributed by atoms with van der Waals surface area (Å²) in [6, 6.07) is -0.119. The van der Waals surface area contributed by atoms with Crippen molar-refractivity contribution >= 4 is 21.8 Å². The second-order valence-electron chi connectivity index (χ2n) is 6.81. The molecule has 0 aromatic carbocycles. The highest BCUT2D eigenvalue weighted by Gasteiger charge is 2.44. The van der Waals surface area contributed by atoms with Gasteiger partial charge in [-0.15, -0.1) is 0 Å². The van der Waals surface area contributed by atoms with Gasteiger partial charge in [0.25, 0.3) is 0 Å². The molecule has 3 fully saturated rings. The van der Waals surface area contributed by atoms with Crippen LogP contribution in [0.1, 0.15) is 32.1 Å². The number of nitrogens with zero attached hydrogens (tertiary/aromatic N) is 1. The Morgan fingerprint density at radius 2 is 2.09 bits per heavy atom. The molecule has 2 saturated heterocycles. The van der Waals surface area contributed by atoms with Gasteiger partial charge >= 0.3 is 0 Å². The minimum absolute atomic E-state index is 0.0542. The molecule has 2 heterocycles. The predicted molar refractivity (Wildman–Crippen MR) is 84.1 cm³/mol. The summed E-state index contributed by atoms with van der Waals surface area (Å²) in [6.45, 7) is 1.03. The zero-order chi connectivity index (χ0) is 16.6. The van der Waals surface area contributed by atoms with Crippen LogP contribution in [-0.2, 0) is 19.6 Å². The van der Waals surface area contributed by atoms with Gasteiger partial charge in [0, 0.05) is 37.6 Å². The lowest BCUT2D eigenvalue weighted by atomic mass is 10.0. The highest BCUT2D eigenvalue weighted by atomic mass is 32.2. The van der Waals surface area contributed by atoms with Crippen LogP contribution in [0.5, 0.6) is 0 Å². The molecule has 0 radical (unpaired) electrons. The van der Waals surface area contributed by atoms with Gasteiger partial charge in [-0.1, -0.05) is 0 Å². The highest BCUT2D eigenvalue weighted by Crippen LogP contribution is 2.26. The number of hydrogen-bond donors (Lipinski definition) is 3. The zero-order valence-electron chi connectivity index (χ0n) is 13.2. The van der Waals surface area contributed by atoms with E-state index < -0.39 is 10.0 Å². The largest absolute Gasteiger partial charge is 0.353 e. The molecular formula is C14H24N4O4S. The van der Waals surface area contributed by atoms with Crippen LogP contribution in [0.25, 0.3) is 0 Å². The van der Waals surface area contributed by atoms with Crippen molar-refractivity contribution in [1.29, 1.82) is 0 Å². The summed E-state index contributed by atoms with van der Waals surface area (Å²) in [4.78, 5) is 25.9. The molecule has 0 spiro atoms. The van der Waals surface area contributed by atoms with Crippen LogP contribution in [0.15, 0.2) is 0 Å². The Labute approximate surface area is 136 Å². The molecule has 1 saturated carbocycles. The monoisotopic (exact) mass is 344 g/mol. The van der Waals surface area contributed by atoms with Crippen molar-refractivity contribution in [3.63, 3.8) is 0 Å². The molecule has 3 atom stereocenters. The molecule has 130 valence electrons. The number of sulfonamides is 1. The fraction of sp³-hybridized carbons (Fsp3) is 0.857. The number of piperazine rings is 1. The summed E-state index contributed by atoms with van der Waals surface area (Å²) in [5.74, 6) is 0.00689. The Hall–Kier alpha value is -1.19. The van der Waals surface area contributed by atoms with Crippen LogP contribution < -0.4 is 15.4 Å². The summed E-state index contributed by atoms with van der Waals surface area (Å²) < 4.78 is 25.4. The van der Waals surface area contributed by atoms with E-state index in [-0.39, 0.29) is 29.9 Å². The first kappa shape index (κ1) is 16.7. The van der Waals surface area contributed by atoms with Crippen LogP contribution in [0.2, 0.25) is 0 Å². The van der Waals surface area contributed by atoms with Crippen LogP contribution in [0.3, 0.4) is 0 Å². The Morgan fingerprint density at radius 1 is 1.35 bits per heavy atom. The number of rotatable bonds is 6. The van der Waals surface area contributed by atoms with E-state index in [2.05, 4.69) is 15.4 Å². The first-order valence-electron chi connectivity index (χ1n) is 8.12. The highest BCUT2D eigenvalue weighted by molar-refractivity contribution is 7.88. The van der Waals surface area contributed by atoms with Gasteiger partial charge in [0.15, 0.2) is 0 Å². The first-order chi connectivity index (χ1) is 10.8. The van der Waals surface area contributed by atoms with Crippen molar-refractivity contribution in [1.82, 2.24) is 20.3 Å². The third-order valence-electron chi connectivity index (χ3n) is 4.65. The SMILES string of the molecule is CS(=O)(=O)NC1CC2C(=O)NCC(CCC(=O)NC3CC3)N2C1. The number of carbonyl (C=O) groups excluding carboxylic acids is 2. The van der Waals surface area contributed by atoms with E-state index in [0.717, 1.165) is 19.1 Å². The fourth-order valence-electron chi connectivity index (χ4n) is 3.46. The van der Waals surface area contributed by atoms with Crippen molar-refractivity contribution in [2.75, 3.05) is 19.3 Å². The summed E-state index contributed by atoms with van der Waals surface area (Å²) in [7, 11) is -3.29. The quantitative estimate of drug-likeness (QED) is 0.546. The summed E-state index contributed by atoms with van der Waals surface area (Å²) in [6.07, 6.45) is 4.84. The van der Waals surface area contributed by atoms with Gasteiger partial charge in [-0.2, -0.15) is 0 Å². The van der Waals surface area contributed by atoms with Crippen molar-refractivity contribution < 1.29 is 18.0 Å². The van der Waals surface area contributed by atoms with Gasteiger partial charge in [0.2, 0.25) is 21.8 Å². The maximum atomic E-state index is 12.0. The molecular weight excluding hydrogens is 320 g/mol. The number of carbonyl (C=O) groups is 2. The Bertz CT molecular complexity index is 590. The summed E-state index contributed by atoms with van der Waals surface area (Å²) in [5, 5.41) is 5.84. The molecule has 3 unspecified atom stereocenters. The molecule has 0 aromatic rings. The van der Waals surface area contributed by atoms with Gasteiger partial charge < -0.3 is 10.6 Å². The molecule has 0 bridgehead atoms. The van der Waals surface area contributed by atoms with Crippen LogP contribution in [0.4, 0.5) is 0 Å². The Morgan fingerprint density at radius 3 is 2.74 bits per heavy atom. The standard InChI is InChI=1S/C14H24N4O4S/c1-23(21,22)17-10-6-12-14(20)15-7-11(18(12)8-10)4-5-13(19)16-9-2-3-9/h9-12,17H,2-8H2,1H3,(H,15,20)(H,16,19). The summed E-state index contributed by atoms with van der Waals surface area (Å²) >= 11 is 0. The van der Waals surface area contributed by atoms with Crippen molar-refractivity contribution in [2.45, 2.75) is 56.3 Å². The van der Waals surface area contributed by atoms with Gasteiger partial charge in [0.1, 0.15) is 0 Å². The van der Waals surface area contributed by atoms with Gasteiger partial charge in [-0.05, 0) is 25.7 Å². The molecule has 0 aromatic heterocycles. The predicted octanol–water partition coefficient (Wildman–Crippen LogP) is -1.46. The number of amides is 2. The van der Waals surface area contributed by atoms with Crippen molar-refractivity contribution in [3.05, 3.63) is 0 Å². The minimum Gasteiger partial charge on any atom is -0.353 e. The molecule has 2 aliphatic heterocycles. The molecule has 1 aliphatic carbocycles. The average Bonchev–Trinajstić information content (AvgIpc) is 3.14. The molecule has 3 rings (SSSR count). The third-order valence-corrected chi connectivity index (χ3v) is 5.41. The average molecular weight is 344 g/mol. The van der Waals surface area contributed by atoms with Gasteiger partial charge in [0.05, 0.1) is 12.3 Å². The van der Waals surface area contributed by atoms with E-state index in [1.54, 1.807) is 0 Å². The second-order valence-corrected chi connectivity index (χ2v) is 8.59. The van der Waals surface area contributed by atoms with Gasteiger partial charge in [-0.3, -0.25) is 14.5 Å². The maximum Gasteiger partial charge on any atom is 0.237 e. The molecule has 3 aliphatic rings.